The molecule has 0 saturated carbocycles. The summed E-state index contributed by atoms with van der Waals surface area (Å²) in [4.78, 5) is 4.29. The highest BCUT2D eigenvalue weighted by atomic mass is 16.5. The monoisotopic (exact) mass is 324 g/mol. The van der Waals surface area contributed by atoms with Crippen molar-refractivity contribution in [3.63, 3.8) is 0 Å². The van der Waals surface area contributed by atoms with Crippen molar-refractivity contribution in [2.75, 3.05) is 13.1 Å². The fourth-order valence-electron chi connectivity index (χ4n) is 2.29. The van der Waals surface area contributed by atoms with Crippen LogP contribution in [0.3, 0.4) is 0 Å². The molecule has 0 atom stereocenters. The number of benzene rings is 1. The molecule has 1 aliphatic rings. The van der Waals surface area contributed by atoms with Crippen molar-refractivity contribution in [3.05, 3.63) is 59.9 Å². The van der Waals surface area contributed by atoms with Gasteiger partial charge in [0.05, 0.1) is 6.21 Å². The van der Waals surface area contributed by atoms with E-state index in [2.05, 4.69) is 31.5 Å². The molecule has 0 unspecified atom stereocenters. The average molecular weight is 324 g/mol. The minimum Gasteiger partial charge on any atom is -0.483 e. The molecule has 2 N–H and O–H groups in total. The zero-order valence-electron chi connectivity index (χ0n) is 13.8. The normalized spacial score (nSPS) is 14.1. The molecule has 2 aromatic rings. The molecule has 124 valence electrons. The van der Waals surface area contributed by atoms with Gasteiger partial charge in [-0.1, -0.05) is 0 Å². The van der Waals surface area contributed by atoms with Crippen molar-refractivity contribution in [3.8, 4) is 5.75 Å². The standard InChI is InChI=1S/C18H22N5O/c1-23-12-3-2-5-16(23)14-24-17-8-6-15(7-9-17)13-21-22-18-19-10-4-11-20-18/h2-3,5-9,12-13H,4,10-11,14H2,1H3,(H2,19,20,22)/q+1/b21-13+. The third kappa shape index (κ3) is 4.55. The second-order valence-electron chi connectivity index (χ2n) is 5.54. The molecule has 0 bridgehead atoms. The summed E-state index contributed by atoms with van der Waals surface area (Å²) in [6.07, 6.45) is 4.84. The van der Waals surface area contributed by atoms with Crippen LogP contribution >= 0.6 is 0 Å². The van der Waals surface area contributed by atoms with Crippen LogP contribution in [0.5, 0.6) is 5.75 Å². The minimum absolute atomic E-state index is 0.540. The van der Waals surface area contributed by atoms with Gasteiger partial charge < -0.3 is 10.1 Å². The molecule has 2 heterocycles. The number of pyridine rings is 1. The maximum atomic E-state index is 5.82. The molecule has 3 rings (SSSR count). The molecule has 0 fully saturated rings. The first-order valence-electron chi connectivity index (χ1n) is 8.05. The lowest BCUT2D eigenvalue weighted by molar-refractivity contribution is -0.680. The molecule has 1 aromatic carbocycles. The van der Waals surface area contributed by atoms with Gasteiger partial charge in [-0.2, -0.15) is 5.10 Å². The Hall–Kier alpha value is -2.89. The van der Waals surface area contributed by atoms with Crippen LogP contribution in [0.4, 0.5) is 0 Å². The summed E-state index contributed by atoms with van der Waals surface area (Å²) in [6, 6.07) is 13.9. The lowest BCUT2D eigenvalue weighted by atomic mass is 10.2. The van der Waals surface area contributed by atoms with E-state index in [9.17, 15) is 0 Å². The van der Waals surface area contributed by atoms with Gasteiger partial charge in [-0.15, -0.1) is 0 Å². The van der Waals surface area contributed by atoms with Crippen molar-refractivity contribution < 1.29 is 9.30 Å². The van der Waals surface area contributed by atoms with Crippen LogP contribution in [0.25, 0.3) is 0 Å². The maximum Gasteiger partial charge on any atom is 0.219 e. The summed E-state index contributed by atoms with van der Waals surface area (Å²) in [5.74, 6) is 1.57. The van der Waals surface area contributed by atoms with Gasteiger partial charge in [-0.3, -0.25) is 4.99 Å². The van der Waals surface area contributed by atoms with Crippen LogP contribution in [0.1, 0.15) is 17.7 Å². The Morgan fingerprint density at radius 2 is 2.17 bits per heavy atom. The van der Waals surface area contributed by atoms with Crippen LogP contribution in [0.15, 0.2) is 58.8 Å². The Balaban J connectivity index is 1.51. The van der Waals surface area contributed by atoms with Crippen LogP contribution in [0.2, 0.25) is 0 Å². The molecule has 0 amide bonds. The Bertz CT molecular complexity index is 724. The number of nitrogens with zero attached hydrogens (tertiary/aromatic N) is 3. The Morgan fingerprint density at radius 1 is 1.29 bits per heavy atom. The van der Waals surface area contributed by atoms with Gasteiger partial charge in [0.2, 0.25) is 11.7 Å². The van der Waals surface area contributed by atoms with Crippen molar-refractivity contribution in [2.24, 2.45) is 17.1 Å². The van der Waals surface area contributed by atoms with Crippen molar-refractivity contribution in [1.29, 1.82) is 0 Å². The van der Waals surface area contributed by atoms with E-state index in [1.165, 1.54) is 0 Å². The molecule has 6 nitrogen and oxygen atoms in total. The summed E-state index contributed by atoms with van der Waals surface area (Å²) in [7, 11) is 2.01. The van der Waals surface area contributed by atoms with Gasteiger partial charge in [-0.25, -0.2) is 9.99 Å². The lowest BCUT2D eigenvalue weighted by Crippen LogP contribution is -2.38. The van der Waals surface area contributed by atoms with Crippen molar-refractivity contribution >= 4 is 12.2 Å². The first-order chi connectivity index (χ1) is 11.8. The molecule has 0 saturated heterocycles. The molecule has 1 aromatic heterocycles. The summed E-state index contributed by atoms with van der Waals surface area (Å²) in [5.41, 5.74) is 5.03. The van der Waals surface area contributed by atoms with Crippen LogP contribution < -0.4 is 20.0 Å². The molecule has 0 spiro atoms. The number of aromatic nitrogens is 1. The maximum absolute atomic E-state index is 5.82. The molecule has 0 radical (unpaired) electrons. The number of guanidine groups is 1. The number of hydrogen-bond acceptors (Lipinski definition) is 5. The fraction of sp³-hybridized carbons (Fsp3) is 0.278. The SMILES string of the molecule is C[n+]1ccccc1COc1ccc(/C=N/NC2=NCCCN2)cc1. The first-order valence-corrected chi connectivity index (χ1v) is 8.05. The molecule has 0 aliphatic carbocycles. The van der Waals surface area contributed by atoms with Gasteiger partial charge in [-0.05, 0) is 42.3 Å². The second kappa shape index (κ2) is 8.10. The Labute approximate surface area is 141 Å². The average Bonchev–Trinajstić information content (AvgIpc) is 2.63. The number of aryl methyl sites for hydroxylation is 1. The van der Waals surface area contributed by atoms with Crippen molar-refractivity contribution in [1.82, 2.24) is 10.7 Å². The smallest absolute Gasteiger partial charge is 0.219 e. The summed E-state index contributed by atoms with van der Waals surface area (Å²) in [5, 5.41) is 7.34. The van der Waals surface area contributed by atoms with Crippen LogP contribution in [-0.2, 0) is 13.7 Å². The summed E-state index contributed by atoms with van der Waals surface area (Å²) in [6.45, 7) is 2.32. The molecular formula is C18H22N5O+. The fourth-order valence-corrected chi connectivity index (χ4v) is 2.29. The van der Waals surface area contributed by atoms with E-state index in [4.69, 9.17) is 4.74 Å². The number of ether oxygens (including phenoxy) is 1. The van der Waals surface area contributed by atoms with Gasteiger partial charge in [0.1, 0.15) is 12.8 Å². The van der Waals surface area contributed by atoms with E-state index >= 15 is 0 Å². The number of nitrogens with one attached hydrogen (secondary N) is 2. The third-order valence-corrected chi connectivity index (χ3v) is 3.71. The largest absolute Gasteiger partial charge is 0.483 e. The summed E-state index contributed by atoms with van der Waals surface area (Å²) >= 11 is 0. The highest BCUT2D eigenvalue weighted by molar-refractivity contribution is 5.84. The van der Waals surface area contributed by atoms with Gasteiger partial charge >= 0.3 is 0 Å². The number of hydrogen-bond donors (Lipinski definition) is 2. The van der Waals surface area contributed by atoms with Gasteiger partial charge in [0, 0.05) is 25.2 Å². The molecule has 1 aliphatic heterocycles. The Morgan fingerprint density at radius 3 is 2.92 bits per heavy atom. The van der Waals surface area contributed by atoms with E-state index in [0.29, 0.717) is 6.61 Å². The summed E-state index contributed by atoms with van der Waals surface area (Å²) < 4.78 is 7.87. The lowest BCUT2D eigenvalue weighted by Gasteiger charge is -2.12. The van der Waals surface area contributed by atoms with E-state index in [1.54, 1.807) is 6.21 Å². The highest BCUT2D eigenvalue weighted by Crippen LogP contribution is 2.12. The molecular weight excluding hydrogens is 302 g/mol. The van der Waals surface area contributed by atoms with E-state index in [1.807, 2.05) is 49.6 Å². The van der Waals surface area contributed by atoms with E-state index in [0.717, 1.165) is 42.5 Å². The molecule has 24 heavy (non-hydrogen) atoms. The number of rotatable bonds is 5. The zero-order valence-corrected chi connectivity index (χ0v) is 13.8. The predicted molar refractivity (Wildman–Crippen MR) is 94.0 cm³/mol. The second-order valence-corrected chi connectivity index (χ2v) is 5.54. The topological polar surface area (TPSA) is 61.9 Å². The minimum atomic E-state index is 0.540. The van der Waals surface area contributed by atoms with Gasteiger partial charge in [0.25, 0.3) is 0 Å². The number of hydrazone groups is 1. The third-order valence-electron chi connectivity index (χ3n) is 3.71. The molecule has 6 heteroatoms. The van der Waals surface area contributed by atoms with E-state index in [-0.39, 0.29) is 0 Å². The predicted octanol–water partition coefficient (Wildman–Crippen LogP) is 1.36. The quantitative estimate of drug-likeness (QED) is 0.496. The first kappa shape index (κ1) is 16.0. The van der Waals surface area contributed by atoms with Gasteiger partial charge in [0.15, 0.2) is 12.8 Å². The Kier molecular flexibility index (Phi) is 5.40. The zero-order chi connectivity index (χ0) is 16.6. The number of aliphatic imine (C=N–C) groups is 1. The van der Waals surface area contributed by atoms with Crippen LogP contribution in [-0.4, -0.2) is 25.3 Å². The van der Waals surface area contributed by atoms with Crippen LogP contribution in [0, 0.1) is 0 Å². The highest BCUT2D eigenvalue weighted by Gasteiger charge is 2.05. The van der Waals surface area contributed by atoms with Crippen molar-refractivity contribution in [2.45, 2.75) is 13.0 Å². The van der Waals surface area contributed by atoms with E-state index < -0.39 is 0 Å².